The van der Waals surface area contributed by atoms with Crippen LogP contribution >= 0.6 is 0 Å². The van der Waals surface area contributed by atoms with E-state index in [1.807, 2.05) is 0 Å². The lowest BCUT2D eigenvalue weighted by molar-refractivity contribution is -0.118. The predicted octanol–water partition coefficient (Wildman–Crippen LogP) is -0.620. The largest absolute Gasteiger partial charge is 0.368 e. The normalized spacial score (nSPS) is 10.0. The van der Waals surface area contributed by atoms with Gasteiger partial charge in [0.15, 0.2) is 0 Å². The number of hydrogen-bond acceptors (Lipinski definition) is 3. The van der Waals surface area contributed by atoms with Crippen molar-refractivity contribution < 1.29 is 4.79 Å². The quantitative estimate of drug-likeness (QED) is 0.617. The van der Waals surface area contributed by atoms with Gasteiger partial charge in [-0.1, -0.05) is 0 Å². The highest BCUT2D eigenvalue weighted by Crippen LogP contribution is 1.97. The molecule has 2 N–H and O–H groups in total. The zero-order valence-corrected chi connectivity index (χ0v) is 6.53. The molecule has 0 aliphatic carbocycles. The molecule has 0 aromatic carbocycles. The Labute approximate surface area is 64.2 Å². The van der Waals surface area contributed by atoms with Crippen molar-refractivity contribution in [3.05, 3.63) is 11.6 Å². The highest BCUT2D eigenvalue weighted by molar-refractivity contribution is 5.73. The van der Waals surface area contributed by atoms with Gasteiger partial charge in [-0.3, -0.25) is 4.79 Å². The van der Waals surface area contributed by atoms with Gasteiger partial charge in [-0.15, -0.1) is 10.2 Å². The fourth-order valence-electron chi connectivity index (χ4n) is 0.872. The molecule has 60 valence electrons. The van der Waals surface area contributed by atoms with Crippen LogP contribution in [0.2, 0.25) is 0 Å². The van der Waals surface area contributed by atoms with Gasteiger partial charge in [-0.2, -0.15) is 0 Å². The van der Waals surface area contributed by atoms with Gasteiger partial charge in [-0.25, -0.2) is 0 Å². The van der Waals surface area contributed by atoms with Crippen molar-refractivity contribution >= 4 is 5.91 Å². The van der Waals surface area contributed by atoms with Crippen molar-refractivity contribution in [2.45, 2.75) is 20.4 Å². The molecule has 0 bridgehead atoms. The monoisotopic (exact) mass is 154 g/mol. The smallest absolute Gasteiger partial charge is 0.237 e. The average Bonchev–Trinajstić information content (AvgIpc) is 2.18. The molecule has 0 unspecified atom stereocenters. The molecule has 0 aliphatic heterocycles. The van der Waals surface area contributed by atoms with Crippen LogP contribution in [-0.2, 0) is 11.3 Å². The Bertz CT molecular complexity index is 259. The molecular weight excluding hydrogens is 144 g/mol. The minimum Gasteiger partial charge on any atom is -0.368 e. The summed E-state index contributed by atoms with van der Waals surface area (Å²) in [7, 11) is 0. The number of hydrogen-bond donors (Lipinski definition) is 1. The van der Waals surface area contributed by atoms with Crippen LogP contribution < -0.4 is 5.73 Å². The molecule has 0 aliphatic rings. The van der Waals surface area contributed by atoms with E-state index >= 15 is 0 Å². The highest BCUT2D eigenvalue weighted by Gasteiger charge is 2.05. The first-order valence-electron chi connectivity index (χ1n) is 3.26. The van der Waals surface area contributed by atoms with Crippen molar-refractivity contribution in [2.75, 3.05) is 0 Å². The number of carbonyl (C=O) groups is 1. The zero-order valence-electron chi connectivity index (χ0n) is 6.53. The number of rotatable bonds is 2. The Hall–Kier alpha value is -1.39. The second-order valence-corrected chi connectivity index (χ2v) is 2.35. The molecular formula is C6H10N4O. The summed E-state index contributed by atoms with van der Waals surface area (Å²) in [4.78, 5) is 10.5. The van der Waals surface area contributed by atoms with Crippen molar-refractivity contribution in [3.63, 3.8) is 0 Å². The molecule has 0 saturated heterocycles. The summed E-state index contributed by atoms with van der Waals surface area (Å²) in [5.41, 5.74) is 5.01. The van der Waals surface area contributed by atoms with Crippen molar-refractivity contribution in [2.24, 2.45) is 5.73 Å². The summed E-state index contributed by atoms with van der Waals surface area (Å²) < 4.78 is 1.67. The summed E-state index contributed by atoms with van der Waals surface area (Å²) in [5, 5.41) is 7.55. The van der Waals surface area contributed by atoms with Crippen LogP contribution in [0, 0.1) is 13.8 Å². The van der Waals surface area contributed by atoms with Crippen LogP contribution in [-0.4, -0.2) is 20.7 Å². The number of aryl methyl sites for hydroxylation is 2. The zero-order chi connectivity index (χ0) is 8.43. The van der Waals surface area contributed by atoms with E-state index in [9.17, 15) is 4.79 Å². The molecule has 0 spiro atoms. The number of nitrogens with zero attached hydrogens (tertiary/aromatic N) is 3. The Morgan fingerprint density at radius 3 is 2.27 bits per heavy atom. The number of carbonyl (C=O) groups excluding carboxylic acids is 1. The van der Waals surface area contributed by atoms with Crippen LogP contribution in [0.25, 0.3) is 0 Å². The van der Waals surface area contributed by atoms with Crippen LogP contribution in [0.4, 0.5) is 0 Å². The van der Waals surface area contributed by atoms with Crippen molar-refractivity contribution in [1.82, 2.24) is 14.8 Å². The Morgan fingerprint density at radius 1 is 1.45 bits per heavy atom. The van der Waals surface area contributed by atoms with Gasteiger partial charge in [0, 0.05) is 0 Å². The summed E-state index contributed by atoms with van der Waals surface area (Å²) in [6, 6.07) is 0. The molecule has 1 aromatic rings. The first-order valence-corrected chi connectivity index (χ1v) is 3.26. The van der Waals surface area contributed by atoms with Gasteiger partial charge < -0.3 is 10.3 Å². The van der Waals surface area contributed by atoms with E-state index in [0.29, 0.717) is 11.6 Å². The molecule has 1 amide bonds. The van der Waals surface area contributed by atoms with E-state index in [-0.39, 0.29) is 12.5 Å². The third-order valence-electron chi connectivity index (χ3n) is 1.43. The molecule has 1 rings (SSSR count). The molecule has 1 heterocycles. The molecule has 0 atom stereocenters. The van der Waals surface area contributed by atoms with Gasteiger partial charge >= 0.3 is 0 Å². The Morgan fingerprint density at radius 2 is 1.91 bits per heavy atom. The highest BCUT2D eigenvalue weighted by atomic mass is 16.1. The molecule has 0 saturated carbocycles. The van der Waals surface area contributed by atoms with E-state index in [1.54, 1.807) is 18.4 Å². The lowest BCUT2D eigenvalue weighted by Gasteiger charge is -2.00. The standard InChI is InChI=1S/C6H10N4O/c1-4-8-9-5(2)10(4)3-6(7)11/h3H2,1-2H3,(H2,7,11). The molecule has 0 radical (unpaired) electrons. The van der Waals surface area contributed by atoms with Crippen molar-refractivity contribution in [3.8, 4) is 0 Å². The van der Waals surface area contributed by atoms with Gasteiger partial charge in [0.1, 0.15) is 18.2 Å². The van der Waals surface area contributed by atoms with Crippen LogP contribution in [0.1, 0.15) is 11.6 Å². The predicted molar refractivity (Wildman–Crippen MR) is 38.7 cm³/mol. The van der Waals surface area contributed by atoms with Crippen LogP contribution in [0.3, 0.4) is 0 Å². The number of nitrogens with two attached hydrogens (primary N) is 1. The van der Waals surface area contributed by atoms with Gasteiger partial charge in [0.05, 0.1) is 0 Å². The molecule has 5 nitrogen and oxygen atoms in total. The SMILES string of the molecule is Cc1nnc(C)n1CC(N)=O. The minimum absolute atomic E-state index is 0.157. The third kappa shape index (κ3) is 1.54. The second-order valence-electron chi connectivity index (χ2n) is 2.35. The van der Waals surface area contributed by atoms with Crippen LogP contribution in [0.5, 0.6) is 0 Å². The van der Waals surface area contributed by atoms with E-state index in [2.05, 4.69) is 10.2 Å². The average molecular weight is 154 g/mol. The van der Waals surface area contributed by atoms with Gasteiger partial charge in [-0.05, 0) is 13.8 Å². The van der Waals surface area contributed by atoms with Crippen molar-refractivity contribution in [1.29, 1.82) is 0 Å². The fourth-order valence-corrected chi connectivity index (χ4v) is 0.872. The second kappa shape index (κ2) is 2.69. The van der Waals surface area contributed by atoms with E-state index in [4.69, 9.17) is 5.73 Å². The number of aromatic nitrogens is 3. The summed E-state index contributed by atoms with van der Waals surface area (Å²) >= 11 is 0. The summed E-state index contributed by atoms with van der Waals surface area (Å²) in [6.07, 6.45) is 0. The third-order valence-corrected chi connectivity index (χ3v) is 1.43. The maximum atomic E-state index is 10.5. The Kier molecular flexibility index (Phi) is 1.89. The lowest BCUT2D eigenvalue weighted by atomic mass is 10.5. The maximum absolute atomic E-state index is 10.5. The fraction of sp³-hybridized carbons (Fsp3) is 0.500. The number of primary amides is 1. The van der Waals surface area contributed by atoms with E-state index in [0.717, 1.165) is 0 Å². The summed E-state index contributed by atoms with van der Waals surface area (Å²) in [5.74, 6) is 1.04. The molecule has 0 fully saturated rings. The summed E-state index contributed by atoms with van der Waals surface area (Å²) in [6.45, 7) is 3.72. The number of amides is 1. The van der Waals surface area contributed by atoms with Gasteiger partial charge in [0.25, 0.3) is 0 Å². The van der Waals surface area contributed by atoms with Crippen LogP contribution in [0.15, 0.2) is 0 Å². The topological polar surface area (TPSA) is 73.8 Å². The molecule has 11 heavy (non-hydrogen) atoms. The maximum Gasteiger partial charge on any atom is 0.237 e. The molecule has 5 heteroatoms. The van der Waals surface area contributed by atoms with Gasteiger partial charge in [0.2, 0.25) is 5.91 Å². The van der Waals surface area contributed by atoms with E-state index < -0.39 is 0 Å². The minimum atomic E-state index is -0.379. The van der Waals surface area contributed by atoms with E-state index in [1.165, 1.54) is 0 Å². The Balaban J connectivity index is 2.92. The first-order chi connectivity index (χ1) is 5.11. The molecule has 1 aromatic heterocycles. The first kappa shape index (κ1) is 7.71. The lowest BCUT2D eigenvalue weighted by Crippen LogP contribution is -2.20.